The van der Waals surface area contributed by atoms with E-state index in [-0.39, 0.29) is 6.03 Å². The van der Waals surface area contributed by atoms with Crippen LogP contribution in [0.3, 0.4) is 0 Å². The minimum atomic E-state index is 0.0484. The monoisotopic (exact) mass is 226 g/mol. The van der Waals surface area contributed by atoms with Gasteiger partial charge in [0.2, 0.25) is 0 Å². The zero-order valence-corrected chi connectivity index (χ0v) is 11.1. The fraction of sp³-hybridized carbons (Fsp3) is 0.923. The van der Waals surface area contributed by atoms with Crippen LogP contribution in [0.5, 0.6) is 0 Å². The molecule has 1 aliphatic carbocycles. The molecule has 0 heterocycles. The van der Waals surface area contributed by atoms with E-state index in [2.05, 4.69) is 19.2 Å². The molecule has 16 heavy (non-hydrogen) atoms. The molecule has 3 nitrogen and oxygen atoms in total. The van der Waals surface area contributed by atoms with E-state index in [0.717, 1.165) is 24.7 Å². The Hall–Kier alpha value is -0.730. The van der Waals surface area contributed by atoms with E-state index in [4.69, 9.17) is 0 Å². The van der Waals surface area contributed by atoms with Gasteiger partial charge in [-0.15, -0.1) is 0 Å². The van der Waals surface area contributed by atoms with E-state index in [1.165, 1.54) is 19.3 Å². The Morgan fingerprint density at radius 3 is 2.25 bits per heavy atom. The fourth-order valence-corrected chi connectivity index (χ4v) is 2.51. The normalized spacial score (nSPS) is 25.6. The van der Waals surface area contributed by atoms with Crippen LogP contribution in [0.15, 0.2) is 0 Å². The molecule has 1 fully saturated rings. The van der Waals surface area contributed by atoms with Gasteiger partial charge in [0.15, 0.2) is 0 Å². The second-order valence-electron chi connectivity index (χ2n) is 5.69. The summed E-state index contributed by atoms with van der Waals surface area (Å²) in [5.74, 6) is 1.69. The van der Waals surface area contributed by atoms with Crippen molar-refractivity contribution in [3.63, 3.8) is 0 Å². The Balaban J connectivity index is 2.24. The largest absolute Gasteiger partial charge is 0.335 e. The molecule has 94 valence electrons. The molecule has 0 aromatic heterocycles. The molecule has 0 aromatic rings. The number of amides is 2. The Labute approximate surface area is 99.6 Å². The molecule has 0 aromatic carbocycles. The molecule has 1 N–H and O–H groups in total. The molecule has 0 spiro atoms. The van der Waals surface area contributed by atoms with Gasteiger partial charge in [0, 0.05) is 20.1 Å². The molecule has 1 aliphatic rings. The predicted molar refractivity (Wildman–Crippen MR) is 67.4 cm³/mol. The topological polar surface area (TPSA) is 32.3 Å². The summed E-state index contributed by atoms with van der Waals surface area (Å²) in [6.45, 7) is 4.58. The van der Waals surface area contributed by atoms with Crippen LogP contribution in [0.2, 0.25) is 0 Å². The van der Waals surface area contributed by atoms with Crippen LogP contribution in [0.25, 0.3) is 0 Å². The van der Waals surface area contributed by atoms with E-state index in [9.17, 15) is 4.79 Å². The predicted octanol–water partition coefficient (Wildman–Crippen LogP) is 2.86. The van der Waals surface area contributed by atoms with E-state index in [1.54, 1.807) is 19.0 Å². The van der Waals surface area contributed by atoms with Gasteiger partial charge in [-0.3, -0.25) is 0 Å². The minimum Gasteiger partial charge on any atom is -0.335 e. The lowest BCUT2D eigenvalue weighted by Crippen LogP contribution is -2.43. The number of nitrogens with one attached hydrogen (secondary N) is 1. The van der Waals surface area contributed by atoms with E-state index < -0.39 is 0 Å². The van der Waals surface area contributed by atoms with Gasteiger partial charge in [0.1, 0.15) is 0 Å². The number of nitrogens with zero attached hydrogens (tertiary/aromatic N) is 1. The second-order valence-corrected chi connectivity index (χ2v) is 5.69. The highest BCUT2D eigenvalue weighted by Gasteiger charge is 2.23. The number of hydrogen-bond donors (Lipinski definition) is 1. The molecule has 0 radical (unpaired) electrons. The van der Waals surface area contributed by atoms with Gasteiger partial charge in [0.25, 0.3) is 0 Å². The SMILES string of the molecule is CC(C)C[C@H]1CC[C@@H](NC(=O)N(C)C)CC1. The van der Waals surface area contributed by atoms with Crippen LogP contribution in [0, 0.1) is 11.8 Å². The van der Waals surface area contributed by atoms with Gasteiger partial charge >= 0.3 is 6.03 Å². The number of hydrogen-bond acceptors (Lipinski definition) is 1. The van der Waals surface area contributed by atoms with Gasteiger partial charge in [0.05, 0.1) is 0 Å². The van der Waals surface area contributed by atoms with E-state index >= 15 is 0 Å². The lowest BCUT2D eigenvalue weighted by Gasteiger charge is -2.30. The van der Waals surface area contributed by atoms with Crippen molar-refractivity contribution in [1.82, 2.24) is 10.2 Å². The maximum absolute atomic E-state index is 11.5. The number of urea groups is 1. The first-order valence-corrected chi connectivity index (χ1v) is 6.47. The summed E-state index contributed by atoms with van der Waals surface area (Å²) in [6, 6.07) is 0.450. The van der Waals surface area contributed by atoms with Gasteiger partial charge in [-0.2, -0.15) is 0 Å². The van der Waals surface area contributed by atoms with Gasteiger partial charge in [-0.25, -0.2) is 4.79 Å². The van der Waals surface area contributed by atoms with Crippen LogP contribution in [-0.4, -0.2) is 31.1 Å². The third kappa shape index (κ3) is 4.42. The molecule has 0 saturated heterocycles. The summed E-state index contributed by atoms with van der Waals surface area (Å²) in [5, 5.41) is 3.08. The fourth-order valence-electron chi connectivity index (χ4n) is 2.51. The van der Waals surface area contributed by atoms with Crippen molar-refractivity contribution in [2.24, 2.45) is 11.8 Å². The second kappa shape index (κ2) is 6.12. The molecule has 0 bridgehead atoms. The van der Waals surface area contributed by atoms with Crippen molar-refractivity contribution in [2.45, 2.75) is 52.0 Å². The third-order valence-electron chi connectivity index (χ3n) is 3.39. The van der Waals surface area contributed by atoms with E-state index in [0.29, 0.717) is 6.04 Å². The van der Waals surface area contributed by atoms with E-state index in [1.807, 2.05) is 0 Å². The average Bonchev–Trinajstić information content (AvgIpc) is 2.20. The zero-order valence-electron chi connectivity index (χ0n) is 11.1. The zero-order chi connectivity index (χ0) is 12.1. The highest BCUT2D eigenvalue weighted by molar-refractivity contribution is 5.73. The maximum Gasteiger partial charge on any atom is 0.317 e. The van der Waals surface area contributed by atoms with Crippen LogP contribution in [-0.2, 0) is 0 Å². The van der Waals surface area contributed by atoms with Crippen LogP contribution in [0.4, 0.5) is 4.79 Å². The molecular weight excluding hydrogens is 200 g/mol. The first-order chi connectivity index (χ1) is 7.49. The highest BCUT2D eigenvalue weighted by atomic mass is 16.2. The van der Waals surface area contributed by atoms with Crippen LogP contribution in [0.1, 0.15) is 46.0 Å². The van der Waals surface area contributed by atoms with Crippen molar-refractivity contribution in [2.75, 3.05) is 14.1 Å². The summed E-state index contributed by atoms with van der Waals surface area (Å²) in [7, 11) is 3.58. The summed E-state index contributed by atoms with van der Waals surface area (Å²) < 4.78 is 0. The summed E-state index contributed by atoms with van der Waals surface area (Å²) in [5.41, 5.74) is 0. The quantitative estimate of drug-likeness (QED) is 0.788. The molecule has 1 rings (SSSR count). The van der Waals surface area contributed by atoms with Crippen molar-refractivity contribution in [1.29, 1.82) is 0 Å². The van der Waals surface area contributed by atoms with Crippen LogP contribution >= 0.6 is 0 Å². The van der Waals surface area contributed by atoms with Crippen LogP contribution < -0.4 is 5.32 Å². The molecule has 2 amide bonds. The molecular formula is C13H26N2O. The molecule has 3 heteroatoms. The molecule has 0 unspecified atom stereocenters. The smallest absolute Gasteiger partial charge is 0.317 e. The number of rotatable bonds is 3. The minimum absolute atomic E-state index is 0.0484. The maximum atomic E-state index is 11.5. The van der Waals surface area contributed by atoms with Crippen molar-refractivity contribution < 1.29 is 4.79 Å². The third-order valence-corrected chi connectivity index (χ3v) is 3.39. The Morgan fingerprint density at radius 2 is 1.81 bits per heavy atom. The Bertz CT molecular complexity index is 218. The van der Waals surface area contributed by atoms with Gasteiger partial charge in [-0.05, 0) is 43.9 Å². The Kier molecular flexibility index (Phi) is 5.10. The van der Waals surface area contributed by atoms with Gasteiger partial charge < -0.3 is 10.2 Å². The first-order valence-electron chi connectivity index (χ1n) is 6.47. The molecule has 0 atom stereocenters. The lowest BCUT2D eigenvalue weighted by molar-refractivity contribution is 0.201. The summed E-state index contributed by atoms with van der Waals surface area (Å²) in [4.78, 5) is 13.1. The number of carbonyl (C=O) groups excluding carboxylic acids is 1. The van der Waals surface area contributed by atoms with Crippen molar-refractivity contribution >= 4 is 6.03 Å². The van der Waals surface area contributed by atoms with Gasteiger partial charge in [-0.1, -0.05) is 13.8 Å². The Morgan fingerprint density at radius 1 is 1.25 bits per heavy atom. The molecule has 0 aliphatic heterocycles. The number of carbonyl (C=O) groups is 1. The first kappa shape index (κ1) is 13.3. The van der Waals surface area contributed by atoms with Crippen molar-refractivity contribution in [3.05, 3.63) is 0 Å². The average molecular weight is 226 g/mol. The molecule has 1 saturated carbocycles. The standard InChI is InChI=1S/C13H26N2O/c1-10(2)9-11-5-7-12(8-6-11)14-13(16)15(3)4/h10-12H,5-9H2,1-4H3,(H,14,16)/t11-,12+. The summed E-state index contributed by atoms with van der Waals surface area (Å²) in [6.07, 6.45) is 6.19. The highest BCUT2D eigenvalue weighted by Crippen LogP contribution is 2.29. The lowest BCUT2D eigenvalue weighted by atomic mass is 9.81. The van der Waals surface area contributed by atoms with Crippen molar-refractivity contribution in [3.8, 4) is 0 Å². The summed E-state index contributed by atoms with van der Waals surface area (Å²) >= 11 is 0.